The predicted octanol–water partition coefficient (Wildman–Crippen LogP) is 5.55. The minimum absolute atomic E-state index is 0.0505. The number of aliphatic hydroxyl groups excluding tert-OH is 1. The molecule has 6 nitrogen and oxygen atoms in total. The summed E-state index contributed by atoms with van der Waals surface area (Å²) < 4.78 is 123. The van der Waals surface area contributed by atoms with Crippen LogP contribution in [0.3, 0.4) is 0 Å². The number of hydrogen-bond donors (Lipinski definition) is 2. The quantitative estimate of drug-likeness (QED) is 0.401. The van der Waals surface area contributed by atoms with Crippen molar-refractivity contribution in [2.24, 2.45) is 5.41 Å². The number of aryl methyl sites for hydroxylation is 1. The molecule has 1 aliphatic heterocycles. The highest BCUT2D eigenvalue weighted by Gasteiger charge is 2.71. The average Bonchev–Trinajstić information content (AvgIpc) is 3.18. The fourth-order valence-corrected chi connectivity index (χ4v) is 7.50. The minimum Gasteiger partial charge on any atom is -0.393 e. The maximum absolute atomic E-state index is 13.8. The van der Waals surface area contributed by atoms with Gasteiger partial charge in [-0.3, -0.25) is 9.10 Å². The van der Waals surface area contributed by atoms with Crippen LogP contribution in [0.15, 0.2) is 47.4 Å². The van der Waals surface area contributed by atoms with Crippen molar-refractivity contribution in [1.82, 2.24) is 0 Å². The Morgan fingerprint density at radius 2 is 1.63 bits per heavy atom. The van der Waals surface area contributed by atoms with Crippen LogP contribution >= 0.6 is 0 Å². The van der Waals surface area contributed by atoms with E-state index < -0.39 is 61.8 Å². The molecule has 1 saturated carbocycles. The number of Topliss-reactive ketones (excluding diaryl/α,β-unsaturated/α-hetero) is 1. The number of fused-ring (bicyclic) bond motifs is 1. The largest absolute Gasteiger partial charge is 0.430 e. The van der Waals surface area contributed by atoms with Crippen LogP contribution in [-0.2, 0) is 26.8 Å². The van der Waals surface area contributed by atoms with Crippen molar-refractivity contribution >= 4 is 21.5 Å². The number of halogens is 7. The molecule has 41 heavy (non-hydrogen) atoms. The van der Waals surface area contributed by atoms with E-state index in [4.69, 9.17) is 0 Å². The molecule has 2 N–H and O–H groups in total. The molecular weight excluding hydrogens is 583 g/mol. The summed E-state index contributed by atoms with van der Waals surface area (Å²) in [5.74, 6) is -1.12. The van der Waals surface area contributed by atoms with Crippen LogP contribution in [0.4, 0.5) is 36.4 Å². The second-order valence-electron chi connectivity index (χ2n) is 11.0. The van der Waals surface area contributed by atoms with E-state index in [9.17, 15) is 54.2 Å². The number of hydrogen-bond acceptors (Lipinski definition) is 5. The highest BCUT2D eigenvalue weighted by molar-refractivity contribution is 7.92. The minimum atomic E-state index is -6.14. The summed E-state index contributed by atoms with van der Waals surface area (Å²) in [6.07, 6.45) is -11.9. The van der Waals surface area contributed by atoms with E-state index in [-0.39, 0.29) is 42.7 Å². The number of carbonyl (C=O) groups excluding carboxylic acids is 1. The van der Waals surface area contributed by atoms with Gasteiger partial charge in [0.05, 0.1) is 22.7 Å². The Balaban J connectivity index is 1.78. The van der Waals surface area contributed by atoms with E-state index in [0.29, 0.717) is 31.4 Å². The smallest absolute Gasteiger partial charge is 0.393 e. The van der Waals surface area contributed by atoms with Gasteiger partial charge < -0.3 is 10.2 Å². The van der Waals surface area contributed by atoms with E-state index in [1.54, 1.807) is 6.92 Å². The maximum atomic E-state index is 13.8. The summed E-state index contributed by atoms with van der Waals surface area (Å²) in [5, 5.41) is 20.2. The van der Waals surface area contributed by atoms with Crippen molar-refractivity contribution < 1.29 is 54.2 Å². The molecule has 14 heteroatoms. The molecule has 0 unspecified atom stereocenters. The van der Waals surface area contributed by atoms with Gasteiger partial charge in [-0.05, 0) is 61.6 Å². The van der Waals surface area contributed by atoms with E-state index >= 15 is 0 Å². The molecule has 0 radical (unpaired) electrons. The molecule has 1 aliphatic carbocycles. The van der Waals surface area contributed by atoms with Crippen molar-refractivity contribution in [3.63, 3.8) is 0 Å². The molecule has 0 bridgehead atoms. The summed E-state index contributed by atoms with van der Waals surface area (Å²) in [4.78, 5) is 12.7. The fourth-order valence-electron chi connectivity index (χ4n) is 5.79. The Hall–Kier alpha value is -2.71. The van der Waals surface area contributed by atoms with E-state index in [0.717, 1.165) is 34.6 Å². The number of anilines is 1. The zero-order chi connectivity index (χ0) is 30.6. The van der Waals surface area contributed by atoms with Crippen LogP contribution < -0.4 is 4.31 Å². The molecule has 0 aromatic heterocycles. The Kier molecular flexibility index (Phi) is 8.02. The van der Waals surface area contributed by atoms with Crippen LogP contribution in [0.5, 0.6) is 0 Å². The van der Waals surface area contributed by atoms with Gasteiger partial charge in [0, 0.05) is 23.8 Å². The molecule has 226 valence electrons. The van der Waals surface area contributed by atoms with E-state index in [2.05, 4.69) is 0 Å². The van der Waals surface area contributed by atoms with Crippen LogP contribution in [0, 0.1) is 11.2 Å². The van der Waals surface area contributed by atoms with Crippen molar-refractivity contribution in [3.05, 3.63) is 59.4 Å². The Morgan fingerprint density at radius 1 is 1.02 bits per heavy atom. The number of carbonyl (C=O) groups is 1. The van der Waals surface area contributed by atoms with E-state index in [1.807, 2.05) is 0 Å². The Bertz CT molecular complexity index is 1390. The molecule has 2 aliphatic rings. The lowest BCUT2D eigenvalue weighted by molar-refractivity contribution is -0.376. The Labute approximate surface area is 231 Å². The molecule has 1 heterocycles. The molecule has 0 spiro atoms. The first kappa shape index (κ1) is 31.2. The lowest BCUT2D eigenvalue weighted by atomic mass is 9.80. The number of rotatable bonds is 7. The number of alkyl halides is 6. The standard InChI is InChI=1S/C27H28F7NO5S/c1-24(12-2-3-23(24)37)15-20(36)14-19-8-4-16-13-17(25(38,26(29,30)31)27(32,33)34)5-11-22(16)35(19)41(39,40)21-9-6-18(28)7-10-21/h5-7,9-11,13,19,23,37-38H,2-4,8,12,14-15H2,1H3/t19-,23+,24-/m0/s1. The first-order valence-corrected chi connectivity index (χ1v) is 14.2. The average molecular weight is 612 g/mol. The molecule has 2 aromatic rings. The molecule has 0 saturated heterocycles. The van der Waals surface area contributed by atoms with Gasteiger partial charge in [-0.25, -0.2) is 12.8 Å². The normalized spacial score (nSPS) is 23.9. The molecule has 4 rings (SSSR count). The number of aliphatic hydroxyl groups is 2. The van der Waals surface area contributed by atoms with Gasteiger partial charge in [-0.1, -0.05) is 25.5 Å². The zero-order valence-electron chi connectivity index (χ0n) is 21.8. The van der Waals surface area contributed by atoms with Crippen LogP contribution in [0.1, 0.15) is 56.6 Å². The third-order valence-electron chi connectivity index (χ3n) is 8.10. The molecule has 2 aromatic carbocycles. The van der Waals surface area contributed by atoms with Crippen molar-refractivity contribution in [2.75, 3.05) is 4.31 Å². The summed E-state index contributed by atoms with van der Waals surface area (Å²) in [5.41, 5.74) is -7.94. The highest BCUT2D eigenvalue weighted by atomic mass is 32.2. The van der Waals surface area contributed by atoms with Gasteiger partial charge in [0.25, 0.3) is 15.6 Å². The SMILES string of the molecule is C[C@@]1(CC(=O)C[C@@H]2CCc3cc(C(O)(C(F)(F)F)C(F)(F)F)ccc3N2S(=O)(=O)c2ccc(F)cc2)CCC[C@H]1O. The zero-order valence-corrected chi connectivity index (χ0v) is 22.6. The summed E-state index contributed by atoms with van der Waals surface area (Å²) in [6.45, 7) is 1.75. The molecule has 1 fully saturated rings. The van der Waals surface area contributed by atoms with Gasteiger partial charge >= 0.3 is 12.4 Å². The van der Waals surface area contributed by atoms with Crippen molar-refractivity contribution in [3.8, 4) is 0 Å². The molecule has 3 atom stereocenters. The number of ketones is 1. The highest BCUT2D eigenvalue weighted by Crippen LogP contribution is 2.51. The van der Waals surface area contributed by atoms with Crippen LogP contribution in [0.25, 0.3) is 0 Å². The maximum Gasteiger partial charge on any atom is 0.430 e. The summed E-state index contributed by atoms with van der Waals surface area (Å²) in [7, 11) is -4.59. The van der Waals surface area contributed by atoms with Gasteiger partial charge in [0.2, 0.25) is 0 Å². The van der Waals surface area contributed by atoms with Crippen molar-refractivity contribution in [1.29, 1.82) is 0 Å². The predicted molar refractivity (Wildman–Crippen MR) is 133 cm³/mol. The second-order valence-corrected chi connectivity index (χ2v) is 12.8. The fraction of sp³-hybridized carbons (Fsp3) is 0.519. The van der Waals surface area contributed by atoms with Crippen molar-refractivity contribution in [2.45, 2.75) is 86.9 Å². The lowest BCUT2D eigenvalue weighted by Crippen LogP contribution is -2.54. The Morgan fingerprint density at radius 3 is 2.17 bits per heavy atom. The number of benzene rings is 2. The third-order valence-corrected chi connectivity index (χ3v) is 9.98. The van der Waals surface area contributed by atoms with Crippen LogP contribution in [0.2, 0.25) is 0 Å². The summed E-state index contributed by atoms with van der Waals surface area (Å²) >= 11 is 0. The first-order chi connectivity index (χ1) is 18.8. The number of nitrogens with zero attached hydrogens (tertiary/aromatic N) is 1. The van der Waals surface area contributed by atoms with Gasteiger partial charge in [0.15, 0.2) is 0 Å². The number of sulfonamides is 1. The van der Waals surface area contributed by atoms with Gasteiger partial charge in [-0.2, -0.15) is 26.3 Å². The molecule has 0 amide bonds. The monoisotopic (exact) mass is 611 g/mol. The first-order valence-electron chi connectivity index (χ1n) is 12.8. The molecular formula is C27H28F7NO5S. The third kappa shape index (κ3) is 5.57. The topological polar surface area (TPSA) is 94.9 Å². The van der Waals surface area contributed by atoms with Crippen LogP contribution in [-0.4, -0.2) is 48.9 Å². The van der Waals surface area contributed by atoms with E-state index in [1.165, 1.54) is 0 Å². The second kappa shape index (κ2) is 10.5. The summed E-state index contributed by atoms with van der Waals surface area (Å²) in [6, 6.07) is 4.15. The van der Waals surface area contributed by atoms with Gasteiger partial charge in [0.1, 0.15) is 11.6 Å². The lowest BCUT2D eigenvalue weighted by Gasteiger charge is -2.39. The van der Waals surface area contributed by atoms with Gasteiger partial charge in [-0.15, -0.1) is 0 Å².